The Kier molecular flexibility index (Phi) is 8.58. The summed E-state index contributed by atoms with van der Waals surface area (Å²) in [5, 5.41) is 10.9. The van der Waals surface area contributed by atoms with Gasteiger partial charge in [-0.1, -0.05) is 20.8 Å². The molecule has 2 fully saturated rings. The van der Waals surface area contributed by atoms with E-state index in [1.165, 1.54) is 0 Å². The Morgan fingerprint density at radius 1 is 0.833 bits per heavy atom. The maximum absolute atomic E-state index is 13.4. The number of hydrogen-bond acceptors (Lipinski definition) is 7. The Balaban J connectivity index is 1.35. The van der Waals surface area contributed by atoms with Crippen LogP contribution in [0.1, 0.15) is 64.1 Å². The molecule has 11 heteroatoms. The number of piperazine rings is 1. The van der Waals surface area contributed by atoms with E-state index in [4.69, 9.17) is 0 Å². The van der Waals surface area contributed by atoms with E-state index in [9.17, 15) is 14.4 Å². The molecule has 4 heterocycles. The number of pyridine rings is 1. The van der Waals surface area contributed by atoms with Gasteiger partial charge in [0, 0.05) is 81.8 Å². The van der Waals surface area contributed by atoms with Crippen molar-refractivity contribution < 1.29 is 14.4 Å². The maximum Gasteiger partial charge on any atom is 0.272 e. The molecule has 0 bridgehead atoms. The summed E-state index contributed by atoms with van der Waals surface area (Å²) in [7, 11) is 1.81. The second-order valence-corrected chi connectivity index (χ2v) is 11.9. The van der Waals surface area contributed by atoms with Crippen LogP contribution < -0.4 is 15.5 Å². The predicted octanol–water partition coefficient (Wildman–Crippen LogP) is 2.76. The number of carbonyl (C=O) groups excluding carboxylic acids is 3. The first-order valence-electron chi connectivity index (χ1n) is 14.6. The molecule has 0 radical (unpaired) electrons. The number of hydrogen-bond donors (Lipinski definition) is 2. The molecule has 2 saturated heterocycles. The fourth-order valence-corrected chi connectivity index (χ4v) is 5.32. The van der Waals surface area contributed by atoms with Crippen LogP contribution in [0.5, 0.6) is 0 Å². The van der Waals surface area contributed by atoms with Gasteiger partial charge in [0.25, 0.3) is 17.7 Å². The van der Waals surface area contributed by atoms with Crippen LogP contribution in [0.2, 0.25) is 0 Å². The lowest BCUT2D eigenvalue weighted by Crippen LogP contribution is -2.49. The predicted molar refractivity (Wildman–Crippen MR) is 162 cm³/mol. The number of nitrogens with zero attached hydrogens (tertiary/aromatic N) is 6. The molecule has 1 aromatic carbocycles. The van der Waals surface area contributed by atoms with Crippen LogP contribution in [0, 0.1) is 0 Å². The van der Waals surface area contributed by atoms with E-state index < -0.39 is 0 Å². The van der Waals surface area contributed by atoms with Crippen molar-refractivity contribution in [1.82, 2.24) is 29.9 Å². The molecule has 2 N–H and O–H groups in total. The van der Waals surface area contributed by atoms with E-state index in [2.05, 4.69) is 46.4 Å². The molecule has 2 aliphatic heterocycles. The molecule has 5 rings (SSSR count). The Labute approximate surface area is 246 Å². The summed E-state index contributed by atoms with van der Waals surface area (Å²) < 4.78 is 1.66. The molecule has 3 aromatic rings. The zero-order valence-corrected chi connectivity index (χ0v) is 24.9. The van der Waals surface area contributed by atoms with Crippen molar-refractivity contribution in [3.8, 4) is 0 Å². The van der Waals surface area contributed by atoms with Crippen LogP contribution >= 0.6 is 0 Å². The lowest BCUT2D eigenvalue weighted by Gasteiger charge is -2.37. The second kappa shape index (κ2) is 12.3. The molecule has 0 saturated carbocycles. The summed E-state index contributed by atoms with van der Waals surface area (Å²) in [5.74, 6) is -0.368. The number of aromatic nitrogens is 3. The lowest BCUT2D eigenvalue weighted by molar-refractivity contribution is 0.0733. The van der Waals surface area contributed by atoms with Gasteiger partial charge in [-0.15, -0.1) is 0 Å². The summed E-state index contributed by atoms with van der Waals surface area (Å²) in [6, 6.07) is 10.7. The number of amides is 3. The minimum absolute atomic E-state index is 0.0424. The molecular weight excluding hydrogens is 532 g/mol. The van der Waals surface area contributed by atoms with E-state index in [-0.39, 0.29) is 23.1 Å². The zero-order valence-electron chi connectivity index (χ0n) is 24.9. The Morgan fingerprint density at radius 3 is 2.24 bits per heavy atom. The van der Waals surface area contributed by atoms with E-state index >= 15 is 0 Å². The van der Waals surface area contributed by atoms with Gasteiger partial charge in [-0.05, 0) is 49.4 Å². The van der Waals surface area contributed by atoms with Crippen LogP contribution in [0.3, 0.4) is 0 Å². The molecule has 0 spiro atoms. The molecule has 11 nitrogen and oxygen atoms in total. The number of benzene rings is 1. The maximum atomic E-state index is 13.4. The third-order valence-electron chi connectivity index (χ3n) is 7.84. The monoisotopic (exact) mass is 572 g/mol. The van der Waals surface area contributed by atoms with Crippen LogP contribution in [0.15, 0.2) is 48.8 Å². The van der Waals surface area contributed by atoms with Crippen LogP contribution in [-0.4, -0.2) is 94.6 Å². The van der Waals surface area contributed by atoms with Crippen molar-refractivity contribution in [2.45, 2.75) is 32.6 Å². The first-order valence-corrected chi connectivity index (χ1v) is 14.6. The topological polar surface area (TPSA) is 116 Å². The van der Waals surface area contributed by atoms with Crippen molar-refractivity contribution in [3.63, 3.8) is 0 Å². The Hall–Kier alpha value is -4.25. The first-order chi connectivity index (χ1) is 20.1. The molecule has 0 aliphatic carbocycles. The molecule has 3 amide bonds. The van der Waals surface area contributed by atoms with Gasteiger partial charge >= 0.3 is 0 Å². The van der Waals surface area contributed by atoms with Gasteiger partial charge in [-0.25, -0.2) is 0 Å². The number of rotatable bonds is 5. The number of aryl methyl sites for hydroxylation is 1. The average Bonchev–Trinajstić information content (AvgIpc) is 3.20. The summed E-state index contributed by atoms with van der Waals surface area (Å²) in [4.78, 5) is 49.8. The molecule has 2 aromatic heterocycles. The third kappa shape index (κ3) is 6.46. The molecule has 0 atom stereocenters. The Morgan fingerprint density at radius 2 is 1.55 bits per heavy atom. The number of carbonyl (C=O) groups is 3. The quantitative estimate of drug-likeness (QED) is 0.483. The Bertz CT molecular complexity index is 1430. The SMILES string of the molecule is Cn1nc(C(C)(C)C)cc1C(=O)N1CCN(c2ccc(C(=O)N3CCCNCC3)cc2NC(=O)c2ccncc2)CC1. The van der Waals surface area contributed by atoms with Gasteiger partial charge in [0.15, 0.2) is 0 Å². The highest BCUT2D eigenvalue weighted by Gasteiger charge is 2.29. The largest absolute Gasteiger partial charge is 0.366 e. The molecule has 0 unspecified atom stereocenters. The second-order valence-electron chi connectivity index (χ2n) is 11.9. The van der Waals surface area contributed by atoms with Crippen molar-refractivity contribution >= 4 is 29.1 Å². The van der Waals surface area contributed by atoms with Crippen LogP contribution in [0.25, 0.3) is 0 Å². The van der Waals surface area contributed by atoms with Crippen LogP contribution in [-0.2, 0) is 12.5 Å². The normalized spacial score (nSPS) is 16.2. The fourth-order valence-electron chi connectivity index (χ4n) is 5.32. The lowest BCUT2D eigenvalue weighted by atomic mass is 9.92. The fraction of sp³-hybridized carbons (Fsp3) is 0.452. The third-order valence-corrected chi connectivity index (χ3v) is 7.84. The van der Waals surface area contributed by atoms with Crippen molar-refractivity contribution in [1.29, 1.82) is 0 Å². The van der Waals surface area contributed by atoms with Crippen molar-refractivity contribution in [2.24, 2.45) is 7.05 Å². The molecule has 2 aliphatic rings. The van der Waals surface area contributed by atoms with Gasteiger partial charge in [0.2, 0.25) is 0 Å². The minimum atomic E-state index is -0.276. The number of anilines is 2. The van der Waals surface area contributed by atoms with Gasteiger partial charge in [0.1, 0.15) is 5.69 Å². The highest BCUT2D eigenvalue weighted by atomic mass is 16.2. The van der Waals surface area contributed by atoms with Crippen molar-refractivity contribution in [3.05, 3.63) is 71.3 Å². The van der Waals surface area contributed by atoms with Crippen molar-refractivity contribution in [2.75, 3.05) is 62.6 Å². The standard InChI is InChI=1S/C31H40N8O3/c1-31(2,3)27-21-26(36(4)35-27)30(42)39-18-16-37(17-19-39)25-7-6-23(29(41)38-14-5-10-32-13-15-38)20-24(25)34-28(40)22-8-11-33-12-9-22/h6-9,11-12,20-21,32H,5,10,13-19H2,1-4H3,(H,34,40). The van der Waals surface area contributed by atoms with Gasteiger partial charge in [-0.2, -0.15) is 5.10 Å². The minimum Gasteiger partial charge on any atom is -0.366 e. The average molecular weight is 573 g/mol. The highest BCUT2D eigenvalue weighted by molar-refractivity contribution is 6.07. The zero-order chi connectivity index (χ0) is 29.9. The van der Waals surface area contributed by atoms with E-state index in [0.29, 0.717) is 61.8 Å². The number of nitrogens with one attached hydrogen (secondary N) is 2. The first kappa shape index (κ1) is 29.2. The highest BCUT2D eigenvalue weighted by Crippen LogP contribution is 2.30. The molecule has 222 valence electrons. The molecular formula is C31H40N8O3. The van der Waals surface area contributed by atoms with E-state index in [1.807, 2.05) is 35.0 Å². The van der Waals surface area contributed by atoms with E-state index in [0.717, 1.165) is 30.9 Å². The van der Waals surface area contributed by atoms with E-state index in [1.54, 1.807) is 35.3 Å². The van der Waals surface area contributed by atoms with Crippen LogP contribution in [0.4, 0.5) is 11.4 Å². The summed E-state index contributed by atoms with van der Waals surface area (Å²) in [6.45, 7) is 11.4. The van der Waals surface area contributed by atoms with Gasteiger partial charge < -0.3 is 25.3 Å². The summed E-state index contributed by atoms with van der Waals surface area (Å²) >= 11 is 0. The smallest absolute Gasteiger partial charge is 0.272 e. The summed E-state index contributed by atoms with van der Waals surface area (Å²) in [6.07, 6.45) is 4.05. The van der Waals surface area contributed by atoms with Gasteiger partial charge in [0.05, 0.1) is 17.1 Å². The summed E-state index contributed by atoms with van der Waals surface area (Å²) in [5.41, 5.74) is 3.70. The van der Waals surface area contributed by atoms with Gasteiger partial charge in [-0.3, -0.25) is 24.0 Å². The molecule has 42 heavy (non-hydrogen) atoms.